The Morgan fingerprint density at radius 1 is 1.13 bits per heavy atom. The summed E-state index contributed by atoms with van der Waals surface area (Å²) in [5, 5.41) is 9.11. The standard InChI is InChI=1S/C33H46N2O3S/c1-9-24(21-34)22-35-23(2)30(36)13-12-25-10-11-27(18-29(25)26-14-16-31(3,4)17-15-26)28-19-32(5,6)39(37,38)33(7,8)20-28/h9-11,14,18,28H,12-13,15-17,19-20,22H2,1-8H3/b24-9-,35-23+. The monoisotopic (exact) mass is 550 g/mol. The highest BCUT2D eigenvalue weighted by atomic mass is 32.2. The minimum absolute atomic E-state index is 0.00170. The summed E-state index contributed by atoms with van der Waals surface area (Å²) in [4.78, 5) is 17.2. The van der Waals surface area contributed by atoms with Crippen molar-refractivity contribution >= 4 is 26.9 Å². The number of Topliss-reactive ketones (excluding diaryl/α,β-unsaturated/α-hetero) is 1. The van der Waals surface area contributed by atoms with E-state index in [4.69, 9.17) is 5.26 Å². The Bertz CT molecular complexity index is 1330. The number of allylic oxidation sites excluding steroid dienone is 3. The molecule has 0 spiro atoms. The van der Waals surface area contributed by atoms with E-state index in [1.807, 2.05) is 27.7 Å². The number of rotatable bonds is 8. The van der Waals surface area contributed by atoms with Crippen molar-refractivity contribution in [3.63, 3.8) is 0 Å². The van der Waals surface area contributed by atoms with Gasteiger partial charge in [-0.25, -0.2) is 8.42 Å². The average molecular weight is 551 g/mol. The van der Waals surface area contributed by atoms with Crippen LogP contribution in [-0.4, -0.2) is 36.0 Å². The minimum atomic E-state index is -3.25. The zero-order valence-electron chi connectivity index (χ0n) is 25.1. The van der Waals surface area contributed by atoms with Crippen LogP contribution in [-0.2, 0) is 21.1 Å². The van der Waals surface area contributed by atoms with Crippen molar-refractivity contribution in [2.45, 2.75) is 116 Å². The van der Waals surface area contributed by atoms with E-state index < -0.39 is 19.3 Å². The third kappa shape index (κ3) is 6.80. The number of nitrogens with zero attached hydrogens (tertiary/aromatic N) is 2. The largest absolute Gasteiger partial charge is 0.293 e. The Hall–Kier alpha value is -2.52. The van der Waals surface area contributed by atoms with Gasteiger partial charge in [0.25, 0.3) is 0 Å². The first-order chi connectivity index (χ1) is 18.0. The normalized spacial score (nSPS) is 22.6. The third-order valence-electron chi connectivity index (χ3n) is 8.86. The maximum atomic E-state index is 13.2. The quantitative estimate of drug-likeness (QED) is 0.247. The Morgan fingerprint density at radius 2 is 1.77 bits per heavy atom. The fraction of sp³-hybridized carbons (Fsp3) is 0.606. The molecule has 0 radical (unpaired) electrons. The Morgan fingerprint density at radius 3 is 2.31 bits per heavy atom. The molecule has 1 heterocycles. The molecule has 0 bridgehead atoms. The maximum absolute atomic E-state index is 13.2. The number of carbonyl (C=O) groups is 1. The molecule has 1 fully saturated rings. The molecule has 0 atom stereocenters. The van der Waals surface area contributed by atoms with Gasteiger partial charge < -0.3 is 0 Å². The van der Waals surface area contributed by atoms with Crippen molar-refractivity contribution < 1.29 is 13.2 Å². The van der Waals surface area contributed by atoms with Crippen molar-refractivity contribution in [1.82, 2.24) is 0 Å². The van der Waals surface area contributed by atoms with Crippen LogP contribution in [0.25, 0.3) is 5.57 Å². The molecule has 1 aliphatic heterocycles. The van der Waals surface area contributed by atoms with E-state index in [1.165, 1.54) is 16.7 Å². The summed E-state index contributed by atoms with van der Waals surface area (Å²) in [5.74, 6) is 0.155. The Balaban J connectivity index is 1.92. The highest BCUT2D eigenvalue weighted by Crippen LogP contribution is 2.49. The molecular weight excluding hydrogens is 504 g/mol. The van der Waals surface area contributed by atoms with Crippen molar-refractivity contribution in [2.75, 3.05) is 6.54 Å². The van der Waals surface area contributed by atoms with Gasteiger partial charge >= 0.3 is 0 Å². The number of ketones is 1. The molecule has 1 saturated heterocycles. The second-order valence-electron chi connectivity index (χ2n) is 13.4. The second-order valence-corrected chi connectivity index (χ2v) is 16.6. The predicted molar refractivity (Wildman–Crippen MR) is 162 cm³/mol. The van der Waals surface area contributed by atoms with Crippen LogP contribution in [0, 0.1) is 16.7 Å². The Labute approximate surface area is 236 Å². The summed E-state index contributed by atoms with van der Waals surface area (Å²) < 4.78 is 24.9. The van der Waals surface area contributed by atoms with Crippen LogP contribution in [0.2, 0.25) is 0 Å². The van der Waals surface area contributed by atoms with E-state index >= 15 is 0 Å². The van der Waals surface area contributed by atoms with Crippen molar-refractivity contribution in [1.29, 1.82) is 5.26 Å². The molecule has 0 N–H and O–H groups in total. The molecule has 3 rings (SSSR count). The van der Waals surface area contributed by atoms with Gasteiger partial charge in [-0.1, -0.05) is 44.2 Å². The number of sulfone groups is 1. The van der Waals surface area contributed by atoms with Crippen LogP contribution in [0.5, 0.6) is 0 Å². The van der Waals surface area contributed by atoms with Crippen LogP contribution in [0.1, 0.15) is 117 Å². The van der Waals surface area contributed by atoms with Gasteiger partial charge in [0.05, 0.1) is 27.8 Å². The summed E-state index contributed by atoms with van der Waals surface area (Å²) in [6.07, 6.45) is 9.40. The molecule has 0 amide bonds. The van der Waals surface area contributed by atoms with Gasteiger partial charge in [0.2, 0.25) is 0 Å². The van der Waals surface area contributed by atoms with E-state index in [2.05, 4.69) is 49.2 Å². The fourth-order valence-electron chi connectivity index (χ4n) is 6.06. The van der Waals surface area contributed by atoms with Gasteiger partial charge in [0, 0.05) is 12.0 Å². The molecule has 1 aromatic rings. The fourth-order valence-corrected chi connectivity index (χ4v) is 8.40. The first-order valence-electron chi connectivity index (χ1n) is 14.2. The molecule has 39 heavy (non-hydrogen) atoms. The van der Waals surface area contributed by atoms with E-state index in [9.17, 15) is 13.2 Å². The number of hydrogen-bond acceptors (Lipinski definition) is 5. The lowest BCUT2D eigenvalue weighted by Gasteiger charge is -2.44. The van der Waals surface area contributed by atoms with Crippen molar-refractivity contribution in [2.24, 2.45) is 10.4 Å². The number of carbonyl (C=O) groups excluding carboxylic acids is 1. The minimum Gasteiger partial charge on any atom is -0.293 e. The lowest BCUT2D eigenvalue weighted by Crippen LogP contribution is -2.51. The van der Waals surface area contributed by atoms with Crippen LogP contribution in [0.4, 0.5) is 0 Å². The molecule has 212 valence electrons. The van der Waals surface area contributed by atoms with Crippen molar-refractivity contribution in [3.05, 3.63) is 52.6 Å². The van der Waals surface area contributed by atoms with Crippen LogP contribution in [0.15, 0.2) is 40.9 Å². The summed E-state index contributed by atoms with van der Waals surface area (Å²) in [6, 6.07) is 8.69. The summed E-state index contributed by atoms with van der Waals surface area (Å²) in [7, 11) is -3.25. The highest BCUT2D eigenvalue weighted by Gasteiger charge is 2.52. The van der Waals surface area contributed by atoms with E-state index in [0.29, 0.717) is 37.0 Å². The zero-order chi connectivity index (χ0) is 29.2. The molecule has 0 aromatic heterocycles. The van der Waals surface area contributed by atoms with Gasteiger partial charge in [-0.05, 0) is 114 Å². The molecule has 5 nitrogen and oxygen atoms in total. The molecule has 1 aromatic carbocycles. The SMILES string of the molecule is C/C=C(/C#N)C/N=C(\C)C(=O)CCc1ccc(C2CC(C)(C)S(=O)(=O)C(C)(C)C2)cc1C1=CCC(C)(C)CC1. The van der Waals surface area contributed by atoms with Gasteiger partial charge in [-0.3, -0.25) is 9.79 Å². The number of benzene rings is 1. The molecule has 6 heteroatoms. The van der Waals surface area contributed by atoms with Crippen LogP contribution < -0.4 is 0 Å². The first-order valence-corrected chi connectivity index (χ1v) is 15.7. The van der Waals surface area contributed by atoms with Gasteiger partial charge in [0.1, 0.15) is 0 Å². The highest BCUT2D eigenvalue weighted by molar-refractivity contribution is 7.94. The molecule has 0 unspecified atom stereocenters. The average Bonchev–Trinajstić information content (AvgIpc) is 2.86. The maximum Gasteiger partial charge on any atom is 0.176 e. The summed E-state index contributed by atoms with van der Waals surface area (Å²) in [5.41, 5.74) is 6.16. The van der Waals surface area contributed by atoms with E-state index in [0.717, 1.165) is 24.8 Å². The number of hydrogen-bond donors (Lipinski definition) is 0. The third-order valence-corrected chi connectivity index (χ3v) is 12.1. The molecule has 1 aliphatic carbocycles. The molecule has 2 aliphatic rings. The summed E-state index contributed by atoms with van der Waals surface area (Å²) >= 11 is 0. The Kier molecular flexibility index (Phi) is 9.17. The molecular formula is C33H46N2O3S. The van der Waals surface area contributed by atoms with E-state index in [1.54, 1.807) is 19.9 Å². The second kappa shape index (κ2) is 11.5. The van der Waals surface area contributed by atoms with Gasteiger partial charge in [-0.15, -0.1) is 0 Å². The van der Waals surface area contributed by atoms with Gasteiger partial charge in [0.15, 0.2) is 15.6 Å². The number of nitriles is 1. The van der Waals surface area contributed by atoms with Crippen LogP contribution in [0.3, 0.4) is 0 Å². The lowest BCUT2D eigenvalue weighted by atomic mass is 9.75. The smallest absolute Gasteiger partial charge is 0.176 e. The molecule has 0 saturated carbocycles. The summed E-state index contributed by atoms with van der Waals surface area (Å²) in [6.45, 7) is 15.8. The number of aliphatic imine (C=N–C) groups is 1. The van der Waals surface area contributed by atoms with Crippen LogP contribution >= 0.6 is 0 Å². The van der Waals surface area contributed by atoms with Crippen molar-refractivity contribution in [3.8, 4) is 6.07 Å². The topological polar surface area (TPSA) is 87.4 Å². The first kappa shape index (κ1) is 31.0. The zero-order valence-corrected chi connectivity index (χ0v) is 26.0. The lowest BCUT2D eigenvalue weighted by molar-refractivity contribution is -0.113. The predicted octanol–water partition coefficient (Wildman–Crippen LogP) is 7.56. The number of aryl methyl sites for hydroxylation is 1. The van der Waals surface area contributed by atoms with E-state index in [-0.39, 0.29) is 23.7 Å². The van der Waals surface area contributed by atoms with Gasteiger partial charge in [-0.2, -0.15) is 5.26 Å².